The lowest BCUT2D eigenvalue weighted by atomic mass is 9.87. The zero-order chi connectivity index (χ0) is 30.4. The highest BCUT2D eigenvalue weighted by Gasteiger charge is 2.21. The topological polar surface area (TPSA) is 158 Å². The third kappa shape index (κ3) is 7.48. The molecule has 1 aromatic heterocycles. The normalized spacial score (nSPS) is 11.1. The van der Waals surface area contributed by atoms with Gasteiger partial charge in [0.15, 0.2) is 0 Å². The van der Waals surface area contributed by atoms with E-state index in [-0.39, 0.29) is 28.9 Å². The summed E-state index contributed by atoms with van der Waals surface area (Å²) in [5, 5.41) is 20.7. The number of carbonyl (C=O) groups is 2. The summed E-state index contributed by atoms with van der Waals surface area (Å²) < 4.78 is 0. The van der Waals surface area contributed by atoms with Crippen LogP contribution in [0.25, 0.3) is 0 Å². The lowest BCUT2D eigenvalue weighted by molar-refractivity contribution is 0.102. The van der Waals surface area contributed by atoms with Gasteiger partial charge in [-0.05, 0) is 67.3 Å². The van der Waals surface area contributed by atoms with Crippen molar-refractivity contribution in [3.63, 3.8) is 0 Å². The molecule has 3 amide bonds. The number of nitrogen functional groups attached to an aromatic ring is 1. The molecule has 0 aliphatic carbocycles. The third-order valence-corrected chi connectivity index (χ3v) is 6.34. The van der Waals surface area contributed by atoms with Crippen LogP contribution in [0.15, 0.2) is 79.1 Å². The van der Waals surface area contributed by atoms with E-state index in [0.717, 1.165) is 5.56 Å². The van der Waals surface area contributed by atoms with E-state index in [0.29, 0.717) is 39.6 Å². The maximum absolute atomic E-state index is 13.2. The quantitative estimate of drug-likeness (QED) is 0.106. The van der Waals surface area contributed by atoms with Crippen molar-refractivity contribution in [2.24, 2.45) is 0 Å². The summed E-state index contributed by atoms with van der Waals surface area (Å²) in [7, 11) is 0. The van der Waals surface area contributed by atoms with Gasteiger partial charge in [0.1, 0.15) is 18.0 Å². The molecule has 0 radical (unpaired) electrons. The average Bonchev–Trinajstić information content (AvgIpc) is 2.92. The first-order chi connectivity index (χ1) is 19.9. The summed E-state index contributed by atoms with van der Waals surface area (Å²) >= 11 is 0. The van der Waals surface area contributed by atoms with Crippen LogP contribution in [-0.4, -0.2) is 33.7 Å². The van der Waals surface area contributed by atoms with Crippen molar-refractivity contribution in [1.82, 2.24) is 9.97 Å². The van der Waals surface area contributed by atoms with Gasteiger partial charge in [-0.25, -0.2) is 14.8 Å². The number of carbonyl (C=O) groups excluding carboxylic acids is 2. The van der Waals surface area contributed by atoms with Crippen molar-refractivity contribution in [2.45, 2.75) is 46.1 Å². The summed E-state index contributed by atoms with van der Waals surface area (Å²) in [5.41, 5.74) is 9.98. The van der Waals surface area contributed by atoms with E-state index in [1.54, 1.807) is 60.7 Å². The Bertz CT molecular complexity index is 1590. The highest BCUT2D eigenvalue weighted by molar-refractivity contribution is 6.18. The van der Waals surface area contributed by atoms with Crippen LogP contribution in [0, 0.1) is 5.41 Å². The minimum absolute atomic E-state index is 0.0185. The largest absolute Gasteiger partial charge is 0.399 e. The Balaban J connectivity index is 1.55. The lowest BCUT2D eigenvalue weighted by Crippen LogP contribution is -2.21. The summed E-state index contributed by atoms with van der Waals surface area (Å²) in [5.74, 6) is 0.295. The van der Waals surface area contributed by atoms with Gasteiger partial charge in [-0.15, -0.1) is 0 Å². The van der Waals surface area contributed by atoms with Gasteiger partial charge in [0, 0.05) is 34.2 Å². The van der Waals surface area contributed by atoms with Crippen molar-refractivity contribution in [2.75, 3.05) is 27.0 Å². The molecule has 0 unspecified atom stereocenters. The first-order valence-electron chi connectivity index (χ1n) is 13.6. The Labute approximate surface area is 245 Å². The number of urea groups is 1. The second-order valence-electron chi connectivity index (χ2n) is 11.2. The highest BCUT2D eigenvalue weighted by atomic mass is 16.2. The van der Waals surface area contributed by atoms with Crippen molar-refractivity contribution in [3.05, 3.63) is 101 Å². The molecule has 0 saturated carbocycles. The number of hydrogen-bond donors (Lipinski definition) is 6. The van der Waals surface area contributed by atoms with Crippen LogP contribution < -0.4 is 27.0 Å². The van der Waals surface area contributed by atoms with Crippen LogP contribution in [0.1, 0.15) is 61.7 Å². The smallest absolute Gasteiger partial charge is 0.323 e. The van der Waals surface area contributed by atoms with Crippen molar-refractivity contribution in [3.8, 4) is 0 Å². The van der Waals surface area contributed by atoms with Crippen LogP contribution in [0.5, 0.6) is 0 Å². The van der Waals surface area contributed by atoms with Crippen molar-refractivity contribution >= 4 is 46.3 Å². The molecule has 42 heavy (non-hydrogen) atoms. The fourth-order valence-electron chi connectivity index (χ4n) is 4.18. The van der Waals surface area contributed by atoms with Gasteiger partial charge in [0.05, 0.1) is 11.3 Å². The number of aromatic nitrogens is 2. The standard InChI is InChI=1S/C32H36N8O2/c1-19(2)37-28-26(29(36-18-35-28)40-30(41)21-9-13-22(14-10-21)32(3,4)5)27(34)20-11-15-24(16-12-20)38-31(42)39-25-8-6-7-23(33)17-25/h6-19,34H,33H2,1-5H3,(H2,38,39,42)(H2,35,36,37,40,41). The molecule has 10 heteroatoms. The highest BCUT2D eigenvalue weighted by Crippen LogP contribution is 2.27. The van der Waals surface area contributed by atoms with Crippen LogP contribution in [0.3, 0.4) is 0 Å². The van der Waals surface area contributed by atoms with E-state index in [1.165, 1.54) is 6.33 Å². The molecular formula is C32H36N8O2. The molecular weight excluding hydrogens is 528 g/mol. The number of amides is 3. The molecule has 7 N–H and O–H groups in total. The van der Waals surface area contributed by atoms with Gasteiger partial charge in [0.2, 0.25) is 0 Å². The van der Waals surface area contributed by atoms with Gasteiger partial charge in [0.25, 0.3) is 5.91 Å². The van der Waals surface area contributed by atoms with E-state index in [9.17, 15) is 9.59 Å². The van der Waals surface area contributed by atoms with E-state index in [4.69, 9.17) is 11.1 Å². The van der Waals surface area contributed by atoms with Gasteiger partial charge in [-0.1, -0.05) is 51.1 Å². The van der Waals surface area contributed by atoms with E-state index in [1.807, 2.05) is 26.0 Å². The third-order valence-electron chi connectivity index (χ3n) is 6.34. The number of benzene rings is 3. The first kappa shape index (κ1) is 29.7. The molecule has 10 nitrogen and oxygen atoms in total. The van der Waals surface area contributed by atoms with Gasteiger partial charge in [-0.2, -0.15) is 0 Å². The second-order valence-corrected chi connectivity index (χ2v) is 11.2. The summed E-state index contributed by atoms with van der Waals surface area (Å²) in [6, 6.07) is 20.7. The van der Waals surface area contributed by atoms with Gasteiger partial charge >= 0.3 is 6.03 Å². The maximum Gasteiger partial charge on any atom is 0.323 e. The van der Waals surface area contributed by atoms with E-state index >= 15 is 0 Å². The van der Waals surface area contributed by atoms with E-state index in [2.05, 4.69) is 52.0 Å². The fraction of sp³-hybridized carbons (Fsp3) is 0.219. The Morgan fingerprint density at radius 1 is 0.810 bits per heavy atom. The first-order valence-corrected chi connectivity index (χ1v) is 13.6. The number of hydrogen-bond acceptors (Lipinski definition) is 7. The molecule has 216 valence electrons. The number of nitrogens with one attached hydrogen (secondary N) is 5. The molecule has 0 saturated heterocycles. The van der Waals surface area contributed by atoms with E-state index < -0.39 is 6.03 Å². The lowest BCUT2D eigenvalue weighted by Gasteiger charge is -2.19. The zero-order valence-electron chi connectivity index (χ0n) is 24.4. The van der Waals surface area contributed by atoms with Crippen molar-refractivity contribution < 1.29 is 9.59 Å². The van der Waals surface area contributed by atoms with Crippen LogP contribution in [-0.2, 0) is 5.41 Å². The Morgan fingerprint density at radius 3 is 2.05 bits per heavy atom. The maximum atomic E-state index is 13.2. The van der Waals surface area contributed by atoms with Gasteiger partial charge in [-0.3, -0.25) is 10.2 Å². The molecule has 0 aliphatic heterocycles. The van der Waals surface area contributed by atoms with Gasteiger partial charge < -0.3 is 27.0 Å². The summed E-state index contributed by atoms with van der Waals surface area (Å²) in [6.45, 7) is 10.3. The molecule has 4 aromatic rings. The molecule has 0 spiro atoms. The van der Waals surface area contributed by atoms with Crippen LogP contribution >= 0.6 is 0 Å². The zero-order valence-corrected chi connectivity index (χ0v) is 24.4. The molecule has 1 heterocycles. The molecule has 3 aromatic carbocycles. The number of rotatable bonds is 8. The predicted octanol–water partition coefficient (Wildman–Crippen LogP) is 6.49. The monoisotopic (exact) mass is 564 g/mol. The molecule has 0 bridgehead atoms. The Kier molecular flexibility index (Phi) is 8.85. The van der Waals surface area contributed by atoms with Crippen molar-refractivity contribution in [1.29, 1.82) is 5.41 Å². The minimum Gasteiger partial charge on any atom is -0.399 e. The van der Waals surface area contributed by atoms with Crippen LogP contribution in [0.2, 0.25) is 0 Å². The molecule has 0 aliphatic rings. The van der Waals surface area contributed by atoms with Crippen LogP contribution in [0.4, 0.5) is 33.5 Å². The Hall–Kier alpha value is -5.25. The second kappa shape index (κ2) is 12.5. The Morgan fingerprint density at radius 2 is 1.43 bits per heavy atom. The number of nitrogens with two attached hydrogens (primary N) is 1. The molecule has 0 atom stereocenters. The SMILES string of the molecule is CC(C)Nc1ncnc(NC(=O)c2ccc(C(C)(C)C)cc2)c1C(=N)c1ccc(NC(=O)Nc2cccc(N)c2)cc1. The summed E-state index contributed by atoms with van der Waals surface area (Å²) in [6.07, 6.45) is 1.35. The summed E-state index contributed by atoms with van der Waals surface area (Å²) in [4.78, 5) is 34.3. The fourth-order valence-corrected chi connectivity index (χ4v) is 4.18. The molecule has 0 fully saturated rings. The average molecular weight is 565 g/mol. The minimum atomic E-state index is -0.427. The number of nitrogens with zero attached hydrogens (tertiary/aromatic N) is 2. The molecule has 4 rings (SSSR count). The number of anilines is 5. The predicted molar refractivity (Wildman–Crippen MR) is 170 cm³/mol.